The van der Waals surface area contributed by atoms with E-state index in [4.69, 9.17) is 9.26 Å². The molecule has 0 aromatic rings. The molecular weight excluding hydrogens is 284 g/mol. The number of aliphatic hydroxyl groups excluding tert-OH is 1. The van der Waals surface area contributed by atoms with Gasteiger partial charge in [0.25, 0.3) is 0 Å². The van der Waals surface area contributed by atoms with Crippen LogP contribution in [0.1, 0.15) is 20.3 Å². The van der Waals surface area contributed by atoms with Gasteiger partial charge in [-0.1, -0.05) is 13.8 Å². The van der Waals surface area contributed by atoms with Gasteiger partial charge in [-0.3, -0.25) is 9.09 Å². The SMILES string of the molecule is CC(C)P(=O)(O)OC1O[CH-]CC1O.[Y]. The maximum Gasteiger partial charge on any atom is 0.332 e. The molecule has 0 aromatic carbocycles. The quantitative estimate of drug-likeness (QED) is 0.597. The number of ether oxygens (including phenoxy) is 1. The van der Waals surface area contributed by atoms with Crippen LogP contribution >= 0.6 is 7.60 Å². The smallest absolute Gasteiger partial charge is 0.332 e. The molecule has 1 fully saturated rings. The molecule has 1 saturated heterocycles. The minimum absolute atomic E-state index is 0. The molecule has 81 valence electrons. The monoisotopic (exact) mass is 298 g/mol. The molecular formula is C7H14O5PY-. The van der Waals surface area contributed by atoms with E-state index in [0.29, 0.717) is 6.42 Å². The zero-order valence-corrected chi connectivity index (χ0v) is 11.9. The van der Waals surface area contributed by atoms with Crippen molar-refractivity contribution in [1.29, 1.82) is 0 Å². The van der Waals surface area contributed by atoms with Crippen LogP contribution < -0.4 is 0 Å². The molecule has 0 saturated carbocycles. The van der Waals surface area contributed by atoms with Crippen molar-refractivity contribution in [2.24, 2.45) is 0 Å². The van der Waals surface area contributed by atoms with Crippen molar-refractivity contribution >= 4 is 7.60 Å². The van der Waals surface area contributed by atoms with Crippen molar-refractivity contribution in [2.75, 3.05) is 0 Å². The van der Waals surface area contributed by atoms with E-state index in [2.05, 4.69) is 0 Å². The Morgan fingerprint density at radius 2 is 2.21 bits per heavy atom. The molecule has 3 atom stereocenters. The van der Waals surface area contributed by atoms with Crippen molar-refractivity contribution in [2.45, 2.75) is 38.3 Å². The van der Waals surface area contributed by atoms with Crippen molar-refractivity contribution in [1.82, 2.24) is 0 Å². The molecule has 0 spiro atoms. The van der Waals surface area contributed by atoms with Crippen LogP contribution in [0.5, 0.6) is 0 Å². The predicted octanol–water partition coefficient (Wildman–Crippen LogP) is 0.863. The van der Waals surface area contributed by atoms with E-state index in [-0.39, 0.29) is 32.7 Å². The molecule has 1 aliphatic rings. The van der Waals surface area contributed by atoms with Gasteiger partial charge in [0.2, 0.25) is 0 Å². The molecule has 1 aliphatic heterocycles. The van der Waals surface area contributed by atoms with Gasteiger partial charge in [0.15, 0.2) is 6.29 Å². The second-order valence-electron chi connectivity index (χ2n) is 3.24. The minimum Gasteiger partial charge on any atom is -0.527 e. The van der Waals surface area contributed by atoms with Crippen LogP contribution in [0.25, 0.3) is 0 Å². The number of rotatable bonds is 3. The zero-order chi connectivity index (χ0) is 10.1. The van der Waals surface area contributed by atoms with E-state index < -0.39 is 25.6 Å². The molecule has 14 heavy (non-hydrogen) atoms. The van der Waals surface area contributed by atoms with Crippen molar-refractivity contribution in [3.63, 3.8) is 0 Å². The van der Waals surface area contributed by atoms with Gasteiger partial charge in [0.1, 0.15) is 0 Å². The molecule has 1 rings (SSSR count). The van der Waals surface area contributed by atoms with E-state index in [1.165, 1.54) is 6.61 Å². The number of hydrogen-bond acceptors (Lipinski definition) is 4. The first kappa shape index (κ1) is 15.2. The van der Waals surface area contributed by atoms with Gasteiger partial charge >= 0.3 is 7.60 Å². The van der Waals surface area contributed by atoms with Gasteiger partial charge in [0, 0.05) is 32.7 Å². The van der Waals surface area contributed by atoms with Gasteiger partial charge in [-0.25, -0.2) is 6.61 Å². The van der Waals surface area contributed by atoms with Gasteiger partial charge in [-0.05, 0) is 0 Å². The van der Waals surface area contributed by atoms with E-state index in [0.717, 1.165) is 0 Å². The van der Waals surface area contributed by atoms with Crippen molar-refractivity contribution in [3.05, 3.63) is 6.61 Å². The Morgan fingerprint density at radius 1 is 1.64 bits per heavy atom. The van der Waals surface area contributed by atoms with Crippen LogP contribution in [0.15, 0.2) is 0 Å². The molecule has 3 unspecified atom stereocenters. The second-order valence-corrected chi connectivity index (χ2v) is 5.61. The standard InChI is InChI=1S/C7H14O5P.Y/c1-5(2)13(9,10)12-7-6(8)3-4-11-7;/h4-8H,3H2,1-2H3,(H,9,10);/q-1;. The van der Waals surface area contributed by atoms with Crippen molar-refractivity contribution in [3.8, 4) is 0 Å². The van der Waals surface area contributed by atoms with Crippen LogP contribution in [0.2, 0.25) is 0 Å². The molecule has 0 aromatic heterocycles. The summed E-state index contributed by atoms with van der Waals surface area (Å²) in [4.78, 5) is 9.30. The second kappa shape index (κ2) is 6.04. The summed E-state index contributed by atoms with van der Waals surface area (Å²) >= 11 is 0. The maximum atomic E-state index is 11.3. The van der Waals surface area contributed by atoms with Crippen LogP contribution in [-0.4, -0.2) is 28.1 Å². The van der Waals surface area contributed by atoms with E-state index in [1.54, 1.807) is 13.8 Å². The molecule has 7 heteroatoms. The third kappa shape index (κ3) is 3.97. The summed E-state index contributed by atoms with van der Waals surface area (Å²) < 4.78 is 20.9. The Balaban J connectivity index is 0.00000169. The Labute approximate surface area is 109 Å². The van der Waals surface area contributed by atoms with Gasteiger partial charge < -0.3 is 14.7 Å². The van der Waals surface area contributed by atoms with Gasteiger partial charge in [-0.2, -0.15) is 0 Å². The van der Waals surface area contributed by atoms with E-state index >= 15 is 0 Å². The Hall–Kier alpha value is 1.17. The first-order valence-corrected chi connectivity index (χ1v) is 5.74. The van der Waals surface area contributed by atoms with E-state index in [9.17, 15) is 14.6 Å². The Morgan fingerprint density at radius 3 is 2.57 bits per heavy atom. The van der Waals surface area contributed by atoms with Gasteiger partial charge in [-0.15, -0.1) is 6.42 Å². The molecule has 1 heterocycles. The number of aliphatic hydroxyl groups is 1. The summed E-state index contributed by atoms with van der Waals surface area (Å²) in [6, 6.07) is 0. The summed E-state index contributed by atoms with van der Waals surface area (Å²) in [5, 5.41) is 9.22. The third-order valence-electron chi connectivity index (χ3n) is 1.79. The fourth-order valence-corrected chi connectivity index (χ4v) is 1.55. The molecule has 2 N–H and O–H groups in total. The number of hydrogen-bond donors (Lipinski definition) is 2. The average molecular weight is 298 g/mol. The molecule has 0 bridgehead atoms. The molecule has 0 amide bonds. The fraction of sp³-hybridized carbons (Fsp3) is 0.857. The molecule has 5 nitrogen and oxygen atoms in total. The zero-order valence-electron chi connectivity index (χ0n) is 8.16. The average Bonchev–Trinajstić information content (AvgIpc) is 2.35. The first-order chi connectivity index (χ1) is 5.93. The predicted molar refractivity (Wildman–Crippen MR) is 45.8 cm³/mol. The van der Waals surface area contributed by atoms with Crippen LogP contribution in [0.3, 0.4) is 0 Å². The van der Waals surface area contributed by atoms with Crippen LogP contribution in [-0.2, 0) is 46.5 Å². The first-order valence-electron chi connectivity index (χ1n) is 4.09. The topological polar surface area (TPSA) is 76.0 Å². The van der Waals surface area contributed by atoms with Gasteiger partial charge in [0.05, 0.1) is 11.8 Å². The largest absolute Gasteiger partial charge is 0.527 e. The summed E-state index contributed by atoms with van der Waals surface area (Å²) in [6.45, 7) is 4.52. The van der Waals surface area contributed by atoms with E-state index in [1.807, 2.05) is 0 Å². The minimum atomic E-state index is -3.66. The van der Waals surface area contributed by atoms with Crippen LogP contribution in [0, 0.1) is 6.61 Å². The summed E-state index contributed by atoms with van der Waals surface area (Å²) in [5.74, 6) is 0. The summed E-state index contributed by atoms with van der Waals surface area (Å²) in [7, 11) is -3.66. The Bertz CT molecular complexity index is 222. The van der Waals surface area contributed by atoms with Crippen LogP contribution in [0.4, 0.5) is 0 Å². The third-order valence-corrected chi connectivity index (χ3v) is 3.60. The molecule has 0 aliphatic carbocycles. The fourth-order valence-electron chi connectivity index (χ4n) is 0.816. The molecule has 1 radical (unpaired) electrons. The maximum absolute atomic E-state index is 11.3. The normalized spacial score (nSPS) is 31.2. The summed E-state index contributed by atoms with van der Waals surface area (Å²) in [6.07, 6.45) is -1.53. The Kier molecular flexibility index (Phi) is 6.55. The van der Waals surface area contributed by atoms with Crippen molar-refractivity contribution < 1.29 is 56.5 Å². The summed E-state index contributed by atoms with van der Waals surface area (Å²) in [5.41, 5.74) is -0.496.